The molecule has 4 rings (SSSR count). The number of benzene rings is 3. The second-order valence-corrected chi connectivity index (χ2v) is 7.85. The van der Waals surface area contributed by atoms with Crippen molar-refractivity contribution in [2.75, 3.05) is 13.2 Å². The zero-order valence-corrected chi connectivity index (χ0v) is 18.3. The Hall–Kier alpha value is -3.67. The van der Waals surface area contributed by atoms with Crippen LogP contribution in [0.1, 0.15) is 22.5 Å². The molecule has 0 fully saturated rings. The zero-order valence-electron chi connectivity index (χ0n) is 18.3. The van der Waals surface area contributed by atoms with Gasteiger partial charge in [0, 0.05) is 18.5 Å². The molecule has 32 heavy (non-hydrogen) atoms. The van der Waals surface area contributed by atoms with Crippen molar-refractivity contribution in [3.63, 3.8) is 0 Å². The van der Waals surface area contributed by atoms with Gasteiger partial charge in [0.25, 0.3) is 5.91 Å². The number of carbonyl (C=O) groups excluding carboxylic acids is 1. The molecule has 5 nitrogen and oxygen atoms in total. The second kappa shape index (κ2) is 9.64. The first-order chi connectivity index (χ1) is 15.5. The van der Waals surface area contributed by atoms with Crippen molar-refractivity contribution < 1.29 is 13.9 Å². The summed E-state index contributed by atoms with van der Waals surface area (Å²) in [6, 6.07) is 20.4. The first-order valence-corrected chi connectivity index (χ1v) is 10.7. The number of ether oxygens (including phenoxy) is 1. The number of hydrogen-bond acceptors (Lipinski definition) is 3. The Morgan fingerprint density at radius 2 is 1.84 bits per heavy atom. The van der Waals surface area contributed by atoms with Crippen molar-refractivity contribution in [3.8, 4) is 5.75 Å². The molecule has 3 aromatic carbocycles. The summed E-state index contributed by atoms with van der Waals surface area (Å²) in [4.78, 5) is 17.0. The molecule has 0 aliphatic rings. The minimum atomic E-state index is -0.242. The van der Waals surface area contributed by atoms with Crippen LogP contribution < -0.4 is 10.1 Å². The van der Waals surface area contributed by atoms with Crippen molar-refractivity contribution in [2.24, 2.45) is 0 Å². The molecule has 0 bridgehead atoms. The lowest BCUT2D eigenvalue weighted by atomic mass is 10.1. The van der Waals surface area contributed by atoms with Gasteiger partial charge in [-0.15, -0.1) is 0 Å². The minimum Gasteiger partial charge on any atom is -0.483 e. The Labute approximate surface area is 186 Å². The largest absolute Gasteiger partial charge is 0.483 e. The molecular weight excluding hydrogens is 405 g/mol. The van der Waals surface area contributed by atoms with Gasteiger partial charge in [0.05, 0.1) is 17.6 Å². The number of halogens is 1. The zero-order chi connectivity index (χ0) is 22.5. The molecule has 1 heterocycles. The highest BCUT2D eigenvalue weighted by atomic mass is 19.1. The number of nitrogens with zero attached hydrogens (tertiary/aromatic N) is 2. The van der Waals surface area contributed by atoms with Gasteiger partial charge in [-0.1, -0.05) is 42.5 Å². The van der Waals surface area contributed by atoms with Crippen LogP contribution in [0.4, 0.5) is 4.39 Å². The van der Waals surface area contributed by atoms with E-state index >= 15 is 0 Å². The molecule has 1 N–H and O–H groups in total. The summed E-state index contributed by atoms with van der Waals surface area (Å²) in [6.45, 7) is 4.68. The molecule has 0 unspecified atom stereocenters. The Balaban J connectivity index is 1.41. The lowest BCUT2D eigenvalue weighted by Crippen LogP contribution is -2.31. The molecule has 1 amide bonds. The normalized spacial score (nSPS) is 11.0. The van der Waals surface area contributed by atoms with Gasteiger partial charge in [-0.2, -0.15) is 0 Å². The fraction of sp³-hybridized carbons (Fsp3) is 0.231. The fourth-order valence-corrected chi connectivity index (χ4v) is 3.66. The summed E-state index contributed by atoms with van der Waals surface area (Å²) < 4.78 is 21.9. The van der Waals surface area contributed by atoms with Gasteiger partial charge in [-0.05, 0) is 49.2 Å². The summed E-state index contributed by atoms with van der Waals surface area (Å²) in [5.41, 5.74) is 4.46. The average Bonchev–Trinajstić information content (AvgIpc) is 3.13. The quantitative estimate of drug-likeness (QED) is 0.444. The maximum atomic E-state index is 14.2. The standard InChI is InChI=1S/C26H26FN3O2/c1-18-11-12-19(2)24(15-18)32-17-26(31)28-14-13-25-29-22-9-5-6-10-23(22)30(25)16-20-7-3-4-8-21(20)27/h3-12,15H,13-14,16-17H2,1-2H3,(H,28,31). The predicted molar refractivity (Wildman–Crippen MR) is 123 cm³/mol. The highest BCUT2D eigenvalue weighted by Crippen LogP contribution is 2.20. The van der Waals surface area contributed by atoms with Crippen LogP contribution in [0.3, 0.4) is 0 Å². The van der Waals surface area contributed by atoms with Crippen LogP contribution in [0, 0.1) is 19.7 Å². The Morgan fingerprint density at radius 1 is 1.06 bits per heavy atom. The third kappa shape index (κ3) is 4.97. The summed E-state index contributed by atoms with van der Waals surface area (Å²) in [5, 5.41) is 2.89. The first-order valence-electron chi connectivity index (χ1n) is 10.7. The molecule has 0 saturated carbocycles. The van der Waals surface area contributed by atoms with E-state index in [9.17, 15) is 9.18 Å². The van der Waals surface area contributed by atoms with Gasteiger partial charge in [0.2, 0.25) is 0 Å². The third-order valence-corrected chi connectivity index (χ3v) is 5.39. The topological polar surface area (TPSA) is 56.1 Å². The number of nitrogens with one attached hydrogen (secondary N) is 1. The maximum absolute atomic E-state index is 14.2. The molecule has 0 spiro atoms. The molecule has 1 aromatic heterocycles. The van der Waals surface area contributed by atoms with Gasteiger partial charge in [0.1, 0.15) is 17.4 Å². The van der Waals surface area contributed by atoms with Crippen LogP contribution in [0.2, 0.25) is 0 Å². The van der Waals surface area contributed by atoms with Crippen LogP contribution in [0.25, 0.3) is 11.0 Å². The van der Waals surface area contributed by atoms with E-state index in [1.54, 1.807) is 12.1 Å². The van der Waals surface area contributed by atoms with Crippen molar-refractivity contribution in [1.29, 1.82) is 0 Å². The Morgan fingerprint density at radius 3 is 2.69 bits per heavy atom. The molecule has 0 aliphatic heterocycles. The molecule has 6 heteroatoms. The van der Waals surface area contributed by atoms with Gasteiger partial charge >= 0.3 is 0 Å². The second-order valence-electron chi connectivity index (χ2n) is 7.85. The van der Waals surface area contributed by atoms with Crippen molar-refractivity contribution in [2.45, 2.75) is 26.8 Å². The fourth-order valence-electron chi connectivity index (χ4n) is 3.66. The summed E-state index contributed by atoms with van der Waals surface area (Å²) in [5.74, 6) is 1.08. The number of para-hydroxylation sites is 2. The van der Waals surface area contributed by atoms with Crippen LogP contribution >= 0.6 is 0 Å². The van der Waals surface area contributed by atoms with Crippen molar-refractivity contribution >= 4 is 16.9 Å². The molecule has 4 aromatic rings. The number of hydrogen-bond donors (Lipinski definition) is 1. The molecule has 0 radical (unpaired) electrons. The van der Waals surface area contributed by atoms with Gasteiger partial charge < -0.3 is 14.6 Å². The molecule has 164 valence electrons. The number of aryl methyl sites for hydroxylation is 2. The van der Waals surface area contributed by atoms with Gasteiger partial charge in [-0.25, -0.2) is 9.37 Å². The predicted octanol–water partition coefficient (Wildman–Crippen LogP) is 4.58. The lowest BCUT2D eigenvalue weighted by Gasteiger charge is -2.12. The SMILES string of the molecule is Cc1ccc(C)c(OCC(=O)NCCc2nc3ccccc3n2Cc2ccccc2F)c1. The number of aromatic nitrogens is 2. The molecule has 0 aliphatic carbocycles. The van der Waals surface area contributed by atoms with Crippen LogP contribution in [0.15, 0.2) is 66.7 Å². The van der Waals surface area contributed by atoms with E-state index in [1.165, 1.54) is 6.07 Å². The smallest absolute Gasteiger partial charge is 0.257 e. The minimum absolute atomic E-state index is 0.0457. The lowest BCUT2D eigenvalue weighted by molar-refractivity contribution is -0.123. The average molecular weight is 432 g/mol. The Kier molecular flexibility index (Phi) is 6.50. The number of carbonyl (C=O) groups is 1. The summed E-state index contributed by atoms with van der Waals surface area (Å²) in [6.07, 6.45) is 0.526. The van der Waals surface area contributed by atoms with E-state index in [0.29, 0.717) is 30.8 Å². The monoisotopic (exact) mass is 431 g/mol. The Bertz CT molecular complexity index is 1250. The van der Waals surface area contributed by atoms with Gasteiger partial charge in [-0.3, -0.25) is 4.79 Å². The highest BCUT2D eigenvalue weighted by molar-refractivity contribution is 5.78. The first kappa shape index (κ1) is 21.6. The maximum Gasteiger partial charge on any atom is 0.257 e. The number of rotatable bonds is 8. The van der Waals surface area contributed by atoms with Crippen molar-refractivity contribution in [1.82, 2.24) is 14.9 Å². The van der Waals surface area contributed by atoms with E-state index in [4.69, 9.17) is 9.72 Å². The molecule has 0 saturated heterocycles. The number of imidazole rings is 1. The number of amides is 1. The van der Waals surface area contributed by atoms with E-state index in [-0.39, 0.29) is 18.3 Å². The number of fused-ring (bicyclic) bond motifs is 1. The van der Waals surface area contributed by atoms with E-state index in [2.05, 4.69) is 5.32 Å². The van der Waals surface area contributed by atoms with Crippen LogP contribution in [0.5, 0.6) is 5.75 Å². The third-order valence-electron chi connectivity index (χ3n) is 5.39. The van der Waals surface area contributed by atoms with E-state index < -0.39 is 0 Å². The van der Waals surface area contributed by atoms with Crippen molar-refractivity contribution in [3.05, 3.63) is 95.1 Å². The summed E-state index contributed by atoms with van der Waals surface area (Å²) >= 11 is 0. The molecular formula is C26H26FN3O2. The highest BCUT2D eigenvalue weighted by Gasteiger charge is 2.13. The van der Waals surface area contributed by atoms with Crippen LogP contribution in [-0.2, 0) is 17.8 Å². The van der Waals surface area contributed by atoms with Crippen LogP contribution in [-0.4, -0.2) is 28.6 Å². The summed E-state index contributed by atoms with van der Waals surface area (Å²) in [7, 11) is 0. The molecule has 0 atom stereocenters. The van der Waals surface area contributed by atoms with Gasteiger partial charge in [0.15, 0.2) is 6.61 Å². The van der Waals surface area contributed by atoms with E-state index in [0.717, 1.165) is 28.0 Å². The van der Waals surface area contributed by atoms with E-state index in [1.807, 2.05) is 66.9 Å².